The highest BCUT2D eigenvalue weighted by molar-refractivity contribution is 7.98. The highest BCUT2D eigenvalue weighted by Crippen LogP contribution is 2.28. The van der Waals surface area contributed by atoms with Gasteiger partial charge in [0.15, 0.2) is 0 Å². The summed E-state index contributed by atoms with van der Waals surface area (Å²) in [4.78, 5) is 2.21. The zero-order valence-electron chi connectivity index (χ0n) is 13.3. The minimum Gasteiger partial charge on any atom is -0.489 e. The van der Waals surface area contributed by atoms with E-state index in [0.29, 0.717) is 6.61 Å². The lowest BCUT2D eigenvalue weighted by molar-refractivity contribution is 0.306. The predicted molar refractivity (Wildman–Crippen MR) is 101 cm³/mol. The van der Waals surface area contributed by atoms with Crippen LogP contribution in [0.5, 0.6) is 5.75 Å². The van der Waals surface area contributed by atoms with Gasteiger partial charge in [0.2, 0.25) is 0 Å². The molecule has 0 aromatic heterocycles. The van der Waals surface area contributed by atoms with Crippen LogP contribution in [0.4, 0.5) is 0 Å². The van der Waals surface area contributed by atoms with E-state index in [9.17, 15) is 0 Å². The molecule has 4 rings (SSSR count). The van der Waals surface area contributed by atoms with Crippen molar-refractivity contribution in [2.24, 2.45) is 4.40 Å². The molecule has 0 bridgehead atoms. The van der Waals surface area contributed by atoms with Crippen molar-refractivity contribution < 1.29 is 4.74 Å². The number of allylic oxidation sites excluding steroid dienone is 2. The molecule has 2 aliphatic rings. The van der Waals surface area contributed by atoms with Crippen molar-refractivity contribution in [2.75, 3.05) is 12.3 Å². The monoisotopic (exact) mass is 334 g/mol. The Morgan fingerprint density at radius 1 is 1.04 bits per heavy atom. The molecule has 0 atom stereocenters. The number of benzene rings is 2. The van der Waals surface area contributed by atoms with E-state index in [1.54, 1.807) is 11.9 Å². The maximum Gasteiger partial charge on any atom is 0.148 e. The summed E-state index contributed by atoms with van der Waals surface area (Å²) in [5.41, 5.74) is 3.50. The molecule has 3 nitrogen and oxygen atoms in total. The highest BCUT2D eigenvalue weighted by Gasteiger charge is 2.21. The van der Waals surface area contributed by atoms with Gasteiger partial charge in [-0.2, -0.15) is 4.40 Å². The minimum atomic E-state index is 0.586. The Morgan fingerprint density at radius 2 is 1.88 bits per heavy atom. The van der Waals surface area contributed by atoms with E-state index in [-0.39, 0.29) is 0 Å². The summed E-state index contributed by atoms with van der Waals surface area (Å²) in [6.07, 6.45) is 6.31. The Bertz CT molecular complexity index is 794. The van der Waals surface area contributed by atoms with Crippen molar-refractivity contribution in [3.8, 4) is 5.75 Å². The van der Waals surface area contributed by atoms with Crippen molar-refractivity contribution in [1.29, 1.82) is 0 Å². The smallest absolute Gasteiger partial charge is 0.148 e. The minimum absolute atomic E-state index is 0.586. The molecule has 0 fully saturated rings. The molecule has 0 spiro atoms. The second-order valence-electron chi connectivity index (χ2n) is 5.66. The van der Waals surface area contributed by atoms with Gasteiger partial charge in [-0.3, -0.25) is 0 Å². The van der Waals surface area contributed by atoms with Gasteiger partial charge in [-0.25, -0.2) is 0 Å². The molecule has 0 amide bonds. The molecule has 0 saturated carbocycles. The molecule has 0 radical (unpaired) electrons. The Hall–Kier alpha value is -2.46. The van der Waals surface area contributed by atoms with Crippen LogP contribution in [0.15, 0.2) is 77.3 Å². The lowest BCUT2D eigenvalue weighted by Gasteiger charge is -2.29. The molecular formula is C20H18N2OS. The van der Waals surface area contributed by atoms with Crippen LogP contribution in [0.2, 0.25) is 0 Å². The molecule has 0 saturated heterocycles. The van der Waals surface area contributed by atoms with Crippen LogP contribution in [0.1, 0.15) is 11.1 Å². The molecule has 2 aromatic rings. The SMILES string of the molecule is C1=CN2CCSN=C2C(c2ccc(OCc3ccccc3)cc2)=C1. The van der Waals surface area contributed by atoms with Gasteiger partial charge in [0.25, 0.3) is 0 Å². The van der Waals surface area contributed by atoms with Gasteiger partial charge in [-0.1, -0.05) is 42.5 Å². The van der Waals surface area contributed by atoms with E-state index in [2.05, 4.69) is 51.9 Å². The van der Waals surface area contributed by atoms with Crippen molar-refractivity contribution >= 4 is 23.4 Å². The quantitative estimate of drug-likeness (QED) is 0.768. The fourth-order valence-electron chi connectivity index (χ4n) is 2.77. The maximum atomic E-state index is 5.86. The van der Waals surface area contributed by atoms with Crippen LogP contribution in [-0.4, -0.2) is 23.0 Å². The van der Waals surface area contributed by atoms with Crippen LogP contribution in [0.3, 0.4) is 0 Å². The number of fused-ring (bicyclic) bond motifs is 1. The maximum absolute atomic E-state index is 5.86. The molecule has 0 N–H and O–H groups in total. The van der Waals surface area contributed by atoms with Gasteiger partial charge >= 0.3 is 0 Å². The first kappa shape index (κ1) is 15.1. The molecule has 4 heteroatoms. The Balaban J connectivity index is 1.48. The summed E-state index contributed by atoms with van der Waals surface area (Å²) in [7, 11) is 0. The summed E-state index contributed by atoms with van der Waals surface area (Å²) in [6, 6.07) is 18.5. The first-order valence-corrected chi connectivity index (χ1v) is 8.97. The van der Waals surface area contributed by atoms with Gasteiger partial charge in [0.05, 0.1) is 0 Å². The molecule has 0 aliphatic carbocycles. The molecular weight excluding hydrogens is 316 g/mol. The third-order valence-corrected chi connectivity index (χ3v) is 4.70. The Kier molecular flexibility index (Phi) is 4.38. The predicted octanol–water partition coefficient (Wildman–Crippen LogP) is 4.54. The molecule has 2 heterocycles. The number of ether oxygens (including phenoxy) is 1. The van der Waals surface area contributed by atoms with E-state index in [1.165, 1.54) is 11.1 Å². The average molecular weight is 334 g/mol. The molecule has 2 aromatic carbocycles. The average Bonchev–Trinajstić information content (AvgIpc) is 2.67. The number of rotatable bonds is 4. The van der Waals surface area contributed by atoms with E-state index in [4.69, 9.17) is 4.74 Å². The standard InChI is InChI=1S/C20H18N2OS/c1-2-5-16(6-3-1)15-23-18-10-8-17(9-11-18)19-7-4-12-22-13-14-24-21-20(19)22/h1-12H,13-15H2. The second-order valence-corrected chi connectivity index (χ2v) is 6.51. The van der Waals surface area contributed by atoms with E-state index in [1.807, 2.05) is 30.3 Å². The lowest BCUT2D eigenvalue weighted by atomic mass is 10.0. The van der Waals surface area contributed by atoms with Gasteiger partial charge in [0, 0.05) is 24.1 Å². The van der Waals surface area contributed by atoms with Crippen LogP contribution in [0, 0.1) is 0 Å². The van der Waals surface area contributed by atoms with Crippen LogP contribution < -0.4 is 4.74 Å². The molecule has 120 valence electrons. The van der Waals surface area contributed by atoms with Crippen molar-refractivity contribution in [1.82, 2.24) is 4.90 Å². The second kappa shape index (κ2) is 6.97. The third kappa shape index (κ3) is 3.24. The summed E-state index contributed by atoms with van der Waals surface area (Å²) >= 11 is 1.63. The van der Waals surface area contributed by atoms with Crippen molar-refractivity contribution in [3.05, 3.63) is 84.1 Å². The zero-order chi connectivity index (χ0) is 16.2. The number of hydrogen-bond acceptors (Lipinski definition) is 4. The summed E-state index contributed by atoms with van der Waals surface area (Å²) in [5, 5.41) is 0. The molecule has 2 aliphatic heterocycles. The molecule has 24 heavy (non-hydrogen) atoms. The number of amidine groups is 1. The van der Waals surface area contributed by atoms with Crippen LogP contribution in [-0.2, 0) is 6.61 Å². The van der Waals surface area contributed by atoms with Gasteiger partial charge in [-0.05, 0) is 47.4 Å². The first-order valence-electron chi connectivity index (χ1n) is 8.03. The normalized spacial score (nSPS) is 16.2. The van der Waals surface area contributed by atoms with Crippen molar-refractivity contribution in [2.45, 2.75) is 6.61 Å². The van der Waals surface area contributed by atoms with Crippen LogP contribution in [0.25, 0.3) is 5.57 Å². The fourth-order valence-corrected chi connectivity index (χ4v) is 3.46. The van der Waals surface area contributed by atoms with E-state index >= 15 is 0 Å². The summed E-state index contributed by atoms with van der Waals surface area (Å²) in [6.45, 7) is 1.60. The fraction of sp³-hybridized carbons (Fsp3) is 0.150. The van der Waals surface area contributed by atoms with Gasteiger partial charge < -0.3 is 9.64 Å². The Labute approximate surface area is 146 Å². The first-order chi connectivity index (χ1) is 11.9. The van der Waals surface area contributed by atoms with Crippen LogP contribution >= 0.6 is 11.9 Å². The Morgan fingerprint density at radius 3 is 2.71 bits per heavy atom. The zero-order valence-corrected chi connectivity index (χ0v) is 14.1. The lowest BCUT2D eigenvalue weighted by Crippen LogP contribution is -2.32. The largest absolute Gasteiger partial charge is 0.489 e. The van der Waals surface area contributed by atoms with E-state index < -0.39 is 0 Å². The molecule has 0 unspecified atom stereocenters. The highest BCUT2D eigenvalue weighted by atomic mass is 32.2. The summed E-state index contributed by atoms with van der Waals surface area (Å²) in [5.74, 6) is 2.96. The van der Waals surface area contributed by atoms with E-state index in [0.717, 1.165) is 29.4 Å². The topological polar surface area (TPSA) is 24.8 Å². The van der Waals surface area contributed by atoms with Gasteiger partial charge in [-0.15, -0.1) is 0 Å². The summed E-state index contributed by atoms with van der Waals surface area (Å²) < 4.78 is 10.5. The van der Waals surface area contributed by atoms with Crippen molar-refractivity contribution in [3.63, 3.8) is 0 Å². The number of hydrogen-bond donors (Lipinski definition) is 0. The van der Waals surface area contributed by atoms with Gasteiger partial charge in [0.1, 0.15) is 18.2 Å². The number of nitrogens with zero attached hydrogens (tertiary/aromatic N) is 2. The third-order valence-electron chi connectivity index (χ3n) is 4.03.